The molecular weight excluding hydrogens is 320 g/mol. The third kappa shape index (κ3) is 3.02. The van der Waals surface area contributed by atoms with Crippen LogP contribution in [0.5, 0.6) is 0 Å². The van der Waals surface area contributed by atoms with Crippen LogP contribution < -0.4 is 0 Å². The van der Waals surface area contributed by atoms with E-state index in [4.69, 9.17) is 4.98 Å². The van der Waals surface area contributed by atoms with Crippen molar-refractivity contribution >= 4 is 17.2 Å². The molecule has 0 aliphatic rings. The van der Waals surface area contributed by atoms with Crippen LogP contribution in [0.15, 0.2) is 83.2 Å². The highest BCUT2D eigenvalue weighted by Crippen LogP contribution is 2.33. The fraction of sp³-hybridized carbons (Fsp3) is 0.136. The number of azo groups is 1. The van der Waals surface area contributed by atoms with Crippen molar-refractivity contribution < 1.29 is 0 Å². The fourth-order valence-corrected chi connectivity index (χ4v) is 2.98. The summed E-state index contributed by atoms with van der Waals surface area (Å²) in [5.41, 5.74) is 6.02. The van der Waals surface area contributed by atoms with Crippen LogP contribution in [0.3, 0.4) is 0 Å². The highest BCUT2D eigenvalue weighted by Gasteiger charge is 2.14. The first-order valence-electron chi connectivity index (χ1n) is 8.80. The van der Waals surface area contributed by atoms with Crippen LogP contribution in [-0.2, 0) is 6.42 Å². The molecular formula is C22H20N4. The summed E-state index contributed by atoms with van der Waals surface area (Å²) in [6, 6.07) is 22.4. The maximum Gasteiger partial charge on any atom is 0.187 e. The maximum absolute atomic E-state index is 4.83. The minimum absolute atomic E-state index is 0.745. The van der Waals surface area contributed by atoms with Gasteiger partial charge in [0.15, 0.2) is 5.82 Å². The number of aryl methyl sites for hydroxylation is 2. The van der Waals surface area contributed by atoms with E-state index in [-0.39, 0.29) is 0 Å². The number of benzene rings is 2. The Morgan fingerprint density at radius 1 is 0.885 bits per heavy atom. The number of nitrogens with zero attached hydrogens (tertiary/aromatic N) is 4. The molecule has 4 rings (SSSR count). The molecule has 0 radical (unpaired) electrons. The zero-order chi connectivity index (χ0) is 17.9. The lowest BCUT2D eigenvalue weighted by Crippen LogP contribution is -1.85. The molecule has 0 bridgehead atoms. The third-order valence-corrected chi connectivity index (χ3v) is 4.47. The van der Waals surface area contributed by atoms with E-state index >= 15 is 0 Å². The van der Waals surface area contributed by atoms with E-state index in [0.29, 0.717) is 0 Å². The molecule has 0 fully saturated rings. The molecule has 4 nitrogen and oxygen atoms in total. The number of imidazole rings is 1. The third-order valence-electron chi connectivity index (χ3n) is 4.47. The monoisotopic (exact) mass is 340 g/mol. The molecule has 0 aliphatic heterocycles. The summed E-state index contributed by atoms with van der Waals surface area (Å²) >= 11 is 0. The number of pyridine rings is 1. The number of fused-ring (bicyclic) bond motifs is 1. The second-order valence-electron chi connectivity index (χ2n) is 6.25. The van der Waals surface area contributed by atoms with Gasteiger partial charge in [-0.25, -0.2) is 4.98 Å². The van der Waals surface area contributed by atoms with E-state index in [1.54, 1.807) is 0 Å². The summed E-state index contributed by atoms with van der Waals surface area (Å²) in [5, 5.41) is 9.02. The van der Waals surface area contributed by atoms with Crippen LogP contribution in [0.1, 0.15) is 18.1 Å². The van der Waals surface area contributed by atoms with Gasteiger partial charge in [0.1, 0.15) is 11.3 Å². The summed E-state index contributed by atoms with van der Waals surface area (Å²) in [7, 11) is 0. The Kier molecular flexibility index (Phi) is 4.32. The Bertz CT molecular complexity index is 1060. The van der Waals surface area contributed by atoms with Gasteiger partial charge < -0.3 is 0 Å². The van der Waals surface area contributed by atoms with Gasteiger partial charge in [-0.2, -0.15) is 0 Å². The predicted octanol–water partition coefficient (Wildman–Crippen LogP) is 6.29. The second-order valence-corrected chi connectivity index (χ2v) is 6.25. The molecule has 0 atom stereocenters. The molecule has 2 heterocycles. The molecule has 4 heteroatoms. The molecule has 26 heavy (non-hydrogen) atoms. The van der Waals surface area contributed by atoms with E-state index in [9.17, 15) is 0 Å². The van der Waals surface area contributed by atoms with Gasteiger partial charge in [0.25, 0.3) is 0 Å². The van der Waals surface area contributed by atoms with Gasteiger partial charge in [-0.15, -0.1) is 10.2 Å². The minimum Gasteiger partial charge on any atom is -0.282 e. The van der Waals surface area contributed by atoms with Crippen LogP contribution in [0.2, 0.25) is 0 Å². The van der Waals surface area contributed by atoms with Crippen molar-refractivity contribution in [2.75, 3.05) is 0 Å². The summed E-state index contributed by atoms with van der Waals surface area (Å²) in [5.74, 6) is 0.745. The second kappa shape index (κ2) is 6.92. The summed E-state index contributed by atoms with van der Waals surface area (Å²) < 4.78 is 2.00. The van der Waals surface area contributed by atoms with E-state index < -0.39 is 0 Å². The van der Waals surface area contributed by atoms with Crippen LogP contribution >= 0.6 is 0 Å². The van der Waals surface area contributed by atoms with Crippen molar-refractivity contribution in [3.63, 3.8) is 0 Å². The standard InChI is InChI=1S/C22H20N4/c1-3-17-11-13-19(14-12-17)24-25-22-20(18-9-5-4-6-10-18)23-21-16(2)8-7-15-26(21)22/h4-15H,3H2,1-2H3. The Labute approximate surface area is 152 Å². The zero-order valence-electron chi connectivity index (χ0n) is 14.9. The topological polar surface area (TPSA) is 42.0 Å². The number of aromatic nitrogens is 2. The fourth-order valence-electron chi connectivity index (χ4n) is 2.98. The average Bonchev–Trinajstić information content (AvgIpc) is 3.07. The molecule has 0 N–H and O–H groups in total. The molecule has 2 aromatic heterocycles. The van der Waals surface area contributed by atoms with Crippen molar-refractivity contribution in [2.24, 2.45) is 10.2 Å². The average molecular weight is 340 g/mol. The van der Waals surface area contributed by atoms with Crippen LogP contribution in [-0.4, -0.2) is 9.38 Å². The van der Waals surface area contributed by atoms with Crippen LogP contribution in [0.4, 0.5) is 11.5 Å². The van der Waals surface area contributed by atoms with Crippen molar-refractivity contribution in [3.05, 3.63) is 84.1 Å². The van der Waals surface area contributed by atoms with Gasteiger partial charge in [-0.1, -0.05) is 55.5 Å². The molecule has 0 saturated heterocycles. The van der Waals surface area contributed by atoms with Crippen molar-refractivity contribution in [3.8, 4) is 11.3 Å². The van der Waals surface area contributed by atoms with Gasteiger partial charge in [0.05, 0.1) is 5.69 Å². The van der Waals surface area contributed by atoms with E-state index in [1.165, 1.54) is 5.56 Å². The van der Waals surface area contributed by atoms with Crippen molar-refractivity contribution in [1.82, 2.24) is 9.38 Å². The lowest BCUT2D eigenvalue weighted by Gasteiger charge is -2.00. The summed E-state index contributed by atoms with van der Waals surface area (Å²) in [6.45, 7) is 4.20. The SMILES string of the molecule is CCc1ccc(N=Nc2c(-c3ccccc3)nc3c(C)cccn23)cc1. The number of hydrogen-bond donors (Lipinski definition) is 0. The Morgan fingerprint density at radius 3 is 2.38 bits per heavy atom. The van der Waals surface area contributed by atoms with Gasteiger partial charge in [0, 0.05) is 11.8 Å². The zero-order valence-corrected chi connectivity index (χ0v) is 14.9. The molecule has 0 unspecified atom stereocenters. The Morgan fingerprint density at radius 2 is 1.65 bits per heavy atom. The molecule has 0 saturated carbocycles. The first kappa shape index (κ1) is 16.2. The van der Waals surface area contributed by atoms with Gasteiger partial charge in [-0.05, 0) is 42.7 Å². The molecule has 0 aliphatic carbocycles. The number of hydrogen-bond acceptors (Lipinski definition) is 3. The Balaban J connectivity index is 1.84. The van der Waals surface area contributed by atoms with Gasteiger partial charge >= 0.3 is 0 Å². The van der Waals surface area contributed by atoms with Crippen molar-refractivity contribution in [2.45, 2.75) is 20.3 Å². The molecule has 4 aromatic rings. The molecule has 0 spiro atoms. The number of rotatable bonds is 4. The largest absolute Gasteiger partial charge is 0.282 e. The van der Waals surface area contributed by atoms with E-state index in [1.807, 2.05) is 59.1 Å². The Hall–Kier alpha value is -3.27. The van der Waals surface area contributed by atoms with E-state index in [0.717, 1.165) is 40.4 Å². The predicted molar refractivity (Wildman–Crippen MR) is 105 cm³/mol. The molecule has 128 valence electrons. The van der Waals surface area contributed by atoms with Gasteiger partial charge in [-0.3, -0.25) is 4.40 Å². The quantitative estimate of drug-likeness (QED) is 0.403. The smallest absolute Gasteiger partial charge is 0.187 e. The first-order valence-corrected chi connectivity index (χ1v) is 8.80. The van der Waals surface area contributed by atoms with Crippen molar-refractivity contribution in [1.29, 1.82) is 0 Å². The maximum atomic E-state index is 4.83. The summed E-state index contributed by atoms with van der Waals surface area (Å²) in [4.78, 5) is 4.83. The summed E-state index contributed by atoms with van der Waals surface area (Å²) in [6.07, 6.45) is 3.00. The first-order chi connectivity index (χ1) is 12.8. The highest BCUT2D eigenvalue weighted by molar-refractivity contribution is 5.75. The minimum atomic E-state index is 0.745. The van der Waals surface area contributed by atoms with Crippen LogP contribution in [0.25, 0.3) is 16.9 Å². The van der Waals surface area contributed by atoms with Crippen LogP contribution in [0, 0.1) is 6.92 Å². The molecule has 2 aromatic carbocycles. The van der Waals surface area contributed by atoms with Gasteiger partial charge in [0.2, 0.25) is 0 Å². The lowest BCUT2D eigenvalue weighted by atomic mass is 10.1. The molecule has 0 amide bonds. The lowest BCUT2D eigenvalue weighted by molar-refractivity contribution is 1.09. The normalized spacial score (nSPS) is 11.5. The van der Waals surface area contributed by atoms with E-state index in [2.05, 4.69) is 42.3 Å². The highest BCUT2D eigenvalue weighted by atomic mass is 15.2.